The molecule has 6 nitrogen and oxygen atoms in total. The van der Waals surface area contributed by atoms with Crippen LogP contribution in [0.2, 0.25) is 0 Å². The molecule has 0 radical (unpaired) electrons. The summed E-state index contributed by atoms with van der Waals surface area (Å²) >= 11 is 0. The summed E-state index contributed by atoms with van der Waals surface area (Å²) in [6.45, 7) is 22.7. The second-order valence-electron chi connectivity index (χ2n) is 20.1. The summed E-state index contributed by atoms with van der Waals surface area (Å²) in [7, 11) is 0. The predicted molar refractivity (Wildman–Crippen MR) is 268 cm³/mol. The molecule has 0 saturated carbocycles. The zero-order chi connectivity index (χ0) is 45.3. The van der Waals surface area contributed by atoms with Crippen LogP contribution in [0.1, 0.15) is 79.0 Å². The number of hydrogen-bond acceptors (Lipinski definition) is 6. The minimum atomic E-state index is -0.175. The Morgan fingerprint density at radius 1 is 0.500 bits per heavy atom. The van der Waals surface area contributed by atoms with Gasteiger partial charge < -0.3 is 19.4 Å². The third-order valence-electron chi connectivity index (χ3n) is 12.4. The van der Waals surface area contributed by atoms with Gasteiger partial charge in [-0.15, -0.1) is 48.3 Å². The molecule has 66 heavy (non-hydrogen) atoms. The van der Waals surface area contributed by atoms with Crippen molar-refractivity contribution in [2.24, 2.45) is 0 Å². The molecule has 2 aliphatic rings. The Bertz CT molecular complexity index is 3050. The van der Waals surface area contributed by atoms with Crippen LogP contribution in [-0.4, -0.2) is 9.97 Å². The first-order valence-electron chi connectivity index (χ1n) is 22.5. The molecular formula is C59H54N5OPt-3. The van der Waals surface area contributed by atoms with Gasteiger partial charge in [0.05, 0.1) is 11.4 Å². The summed E-state index contributed by atoms with van der Waals surface area (Å²) < 4.78 is 6.79. The van der Waals surface area contributed by atoms with Crippen molar-refractivity contribution in [3.8, 4) is 45.0 Å². The zero-order valence-corrected chi connectivity index (χ0v) is 41.3. The Morgan fingerprint density at radius 2 is 1.11 bits per heavy atom. The molecular weight excluding hydrogens is 990 g/mol. The number of fused-ring (bicyclic) bond motifs is 6. The summed E-state index contributed by atoms with van der Waals surface area (Å²) in [6, 6.07) is 58.5. The van der Waals surface area contributed by atoms with Crippen LogP contribution in [-0.2, 0) is 37.3 Å². The number of benzene rings is 6. The van der Waals surface area contributed by atoms with Crippen molar-refractivity contribution >= 4 is 39.9 Å². The molecule has 0 unspecified atom stereocenters. The van der Waals surface area contributed by atoms with Crippen molar-refractivity contribution in [3.05, 3.63) is 193 Å². The Labute approximate surface area is 405 Å². The third kappa shape index (κ3) is 8.22. The van der Waals surface area contributed by atoms with Crippen molar-refractivity contribution < 1.29 is 25.8 Å². The molecule has 0 saturated heterocycles. The van der Waals surface area contributed by atoms with Gasteiger partial charge in [-0.3, -0.25) is 4.98 Å². The Hall–Kier alpha value is -6.49. The van der Waals surface area contributed by atoms with E-state index in [-0.39, 0.29) is 37.3 Å². The Kier molecular flexibility index (Phi) is 11.6. The van der Waals surface area contributed by atoms with E-state index in [0.717, 1.165) is 67.8 Å². The maximum atomic E-state index is 6.79. The number of rotatable bonds is 6. The topological polar surface area (TPSA) is 44.7 Å². The van der Waals surface area contributed by atoms with E-state index in [0.29, 0.717) is 11.5 Å². The fourth-order valence-corrected chi connectivity index (χ4v) is 9.09. The van der Waals surface area contributed by atoms with Crippen LogP contribution in [0.15, 0.2) is 158 Å². The minimum absolute atomic E-state index is 0. The summed E-state index contributed by atoms with van der Waals surface area (Å²) in [6.07, 6.45) is 3.78. The van der Waals surface area contributed by atoms with Gasteiger partial charge in [-0.1, -0.05) is 134 Å². The van der Waals surface area contributed by atoms with Gasteiger partial charge in [-0.25, -0.2) is 4.98 Å². The van der Waals surface area contributed by atoms with Crippen molar-refractivity contribution in [1.29, 1.82) is 0 Å². The second-order valence-corrected chi connectivity index (χ2v) is 20.1. The molecule has 334 valence electrons. The monoisotopic (exact) mass is 1040 g/mol. The van der Waals surface area contributed by atoms with Crippen LogP contribution in [0, 0.1) is 18.8 Å². The van der Waals surface area contributed by atoms with Crippen molar-refractivity contribution in [1.82, 2.24) is 9.97 Å². The molecule has 10 rings (SSSR count). The molecule has 0 bridgehead atoms. The normalized spacial score (nSPS) is 13.3. The van der Waals surface area contributed by atoms with Gasteiger partial charge in [-0.05, 0) is 93.1 Å². The zero-order valence-electron chi connectivity index (χ0n) is 39.0. The van der Waals surface area contributed by atoms with Gasteiger partial charge in [0.2, 0.25) is 0 Å². The summed E-state index contributed by atoms with van der Waals surface area (Å²) in [5, 5.41) is 0. The summed E-state index contributed by atoms with van der Waals surface area (Å²) in [5.74, 6) is 1.99. The van der Waals surface area contributed by atoms with E-state index in [1.54, 1.807) is 0 Å². The van der Waals surface area contributed by atoms with Crippen LogP contribution in [0.25, 0.3) is 33.5 Å². The van der Waals surface area contributed by atoms with Gasteiger partial charge in [0.1, 0.15) is 5.82 Å². The third-order valence-corrected chi connectivity index (χ3v) is 12.4. The standard InChI is InChI=1S/C59H54N5O.Pt/c1-57(2,3)40-30-32-61-55(35-40)64-51-25-13-12-23-46(51)44-21-10-11-22-45(44)47-29-28-43(37-54(47)64)65-42-20-18-19-41(36-42)62-38-63(53-27-15-14-26-52(53)62)56-48(58(4,5)6)33-39(34-49(56)59(7,8)9)50-24-16-17-31-60-50;/h10-35,38H,1-9H3;/q-3;. The first kappa shape index (κ1) is 44.7. The van der Waals surface area contributed by atoms with E-state index in [9.17, 15) is 0 Å². The average Bonchev–Trinajstić information content (AvgIpc) is 3.63. The van der Waals surface area contributed by atoms with E-state index >= 15 is 0 Å². The summed E-state index contributed by atoms with van der Waals surface area (Å²) in [4.78, 5) is 16.6. The van der Waals surface area contributed by atoms with Crippen molar-refractivity contribution in [3.63, 3.8) is 0 Å². The summed E-state index contributed by atoms with van der Waals surface area (Å²) in [5.41, 5.74) is 15.9. The number of pyridine rings is 2. The molecule has 8 aromatic rings. The van der Waals surface area contributed by atoms with Gasteiger partial charge in [0.25, 0.3) is 0 Å². The second kappa shape index (κ2) is 17.1. The van der Waals surface area contributed by atoms with Crippen LogP contribution < -0.4 is 19.4 Å². The number of anilines is 7. The largest absolute Gasteiger partial charge is 0.509 e. The quantitative estimate of drug-likeness (QED) is 0.155. The fourth-order valence-electron chi connectivity index (χ4n) is 9.09. The molecule has 6 aromatic carbocycles. The first-order valence-corrected chi connectivity index (χ1v) is 22.5. The maximum absolute atomic E-state index is 6.79. The van der Waals surface area contributed by atoms with E-state index in [2.05, 4.69) is 217 Å². The number of nitrogens with zero attached hydrogens (tertiary/aromatic N) is 5. The number of aromatic nitrogens is 2. The van der Waals surface area contributed by atoms with Crippen molar-refractivity contribution in [2.45, 2.75) is 78.6 Å². The molecule has 0 atom stereocenters. The molecule has 2 aromatic heterocycles. The Morgan fingerprint density at radius 3 is 1.76 bits per heavy atom. The van der Waals surface area contributed by atoms with E-state index in [1.165, 1.54) is 22.4 Å². The van der Waals surface area contributed by atoms with Gasteiger partial charge in [-0.2, -0.15) is 12.1 Å². The predicted octanol–water partition coefficient (Wildman–Crippen LogP) is 16.0. The molecule has 0 amide bonds. The SMILES string of the molecule is CC(C)(C)c1ccnc(N2c3[c-]c(Oc4[c-]c(N5[CH-]N(c6c(C(C)(C)C)cc(-c7ccccn7)cc6C(C)(C)C)c6ccccc65)ccc4)ccc3-c3ccccc3-c3ccccc32)c1.[Pt]. The van der Waals surface area contributed by atoms with Gasteiger partial charge >= 0.3 is 0 Å². The number of para-hydroxylation sites is 3. The van der Waals surface area contributed by atoms with Crippen LogP contribution in [0.4, 0.5) is 39.9 Å². The smallest absolute Gasteiger partial charge is 0.135 e. The average molecular weight is 1040 g/mol. The van der Waals surface area contributed by atoms with Gasteiger partial charge in [0.15, 0.2) is 0 Å². The van der Waals surface area contributed by atoms with Crippen LogP contribution in [0.5, 0.6) is 11.5 Å². The Balaban J connectivity index is 0.00000548. The molecule has 0 N–H and O–H groups in total. The minimum Gasteiger partial charge on any atom is -0.509 e. The molecule has 4 heterocycles. The molecule has 7 heteroatoms. The number of hydrogen-bond donors (Lipinski definition) is 0. The van der Waals surface area contributed by atoms with E-state index < -0.39 is 0 Å². The van der Waals surface area contributed by atoms with E-state index in [1.807, 2.05) is 36.7 Å². The molecule has 0 fully saturated rings. The maximum Gasteiger partial charge on any atom is 0.135 e. The van der Waals surface area contributed by atoms with Crippen LogP contribution in [0.3, 0.4) is 0 Å². The molecule has 0 aliphatic carbocycles. The first-order chi connectivity index (χ1) is 31.1. The van der Waals surface area contributed by atoms with E-state index in [4.69, 9.17) is 14.7 Å². The molecule has 0 spiro atoms. The fraction of sp³-hybridized carbons (Fsp3) is 0.203. The van der Waals surface area contributed by atoms with Crippen LogP contribution >= 0.6 is 0 Å². The van der Waals surface area contributed by atoms with Crippen molar-refractivity contribution in [2.75, 3.05) is 14.7 Å². The molecule has 2 aliphatic heterocycles. The van der Waals surface area contributed by atoms with Gasteiger partial charge in [0, 0.05) is 73.1 Å². The number of ether oxygens (including phenoxy) is 1.